The average Bonchev–Trinajstić information content (AvgIpc) is 3.25. The normalized spacial score (nSPS) is 25.8. The molecule has 2 aliphatic carbocycles. The summed E-state index contributed by atoms with van der Waals surface area (Å²) in [7, 11) is 0. The van der Waals surface area contributed by atoms with Gasteiger partial charge in [0.05, 0.1) is 6.54 Å². The van der Waals surface area contributed by atoms with Crippen LogP contribution in [0.5, 0.6) is 0 Å². The first-order valence-electron chi connectivity index (χ1n) is 11.1. The van der Waals surface area contributed by atoms with Crippen LogP contribution in [0.2, 0.25) is 0 Å². The second kappa shape index (κ2) is 8.37. The average molecular weight is 418 g/mol. The summed E-state index contributed by atoms with van der Waals surface area (Å²) in [4.78, 5) is 44.8. The summed E-state index contributed by atoms with van der Waals surface area (Å²) in [5.74, 6) is 0.981. The summed E-state index contributed by atoms with van der Waals surface area (Å²) >= 11 is 0. The predicted molar refractivity (Wildman–Crippen MR) is 113 cm³/mol. The molecule has 2 heterocycles. The van der Waals surface area contributed by atoms with Crippen LogP contribution >= 0.6 is 0 Å². The van der Waals surface area contributed by atoms with Crippen LogP contribution in [0, 0.1) is 11.8 Å². The molecule has 0 saturated heterocycles. The van der Waals surface area contributed by atoms with Crippen LogP contribution in [-0.2, 0) is 17.9 Å². The number of carbonyl (C=O) groups is 1. The van der Waals surface area contributed by atoms with Crippen LogP contribution in [0.25, 0.3) is 11.2 Å². The molecule has 2 aromatic rings. The molecule has 2 saturated carbocycles. The lowest BCUT2D eigenvalue weighted by atomic mass is 9.77. The lowest BCUT2D eigenvalue weighted by Gasteiger charge is -2.34. The highest BCUT2D eigenvalue weighted by atomic mass is 16.4. The van der Waals surface area contributed by atoms with Gasteiger partial charge in [-0.2, -0.15) is 0 Å². The van der Waals surface area contributed by atoms with Crippen LogP contribution in [0.3, 0.4) is 0 Å². The molecule has 30 heavy (non-hydrogen) atoms. The third-order valence-electron chi connectivity index (χ3n) is 6.75. The Balaban J connectivity index is 1.67. The molecule has 2 atom stereocenters. The highest BCUT2D eigenvalue weighted by molar-refractivity contribution is 5.70. The standard InChI is InChI=1S/C21H31N5O4/c1-3-7-25-19-17(20(29)26(8-4-2)21(25)30)23-18(24-19)14-9-12-5-6-13(10-14)16(12)22-11-15(27)28/h12-14,16,22H,3-11H2,1-2H3,(H,23,24)(H,27,28). The van der Waals surface area contributed by atoms with Gasteiger partial charge in [-0.05, 0) is 50.4 Å². The molecule has 2 unspecified atom stereocenters. The van der Waals surface area contributed by atoms with E-state index in [1.54, 1.807) is 4.57 Å². The van der Waals surface area contributed by atoms with E-state index in [0.717, 1.165) is 37.9 Å². The lowest BCUT2D eigenvalue weighted by Crippen LogP contribution is -2.44. The second-order valence-electron chi connectivity index (χ2n) is 8.78. The molecule has 0 aliphatic heterocycles. The van der Waals surface area contributed by atoms with E-state index in [4.69, 9.17) is 10.1 Å². The number of nitrogens with zero attached hydrogens (tertiary/aromatic N) is 3. The van der Waals surface area contributed by atoms with Crippen molar-refractivity contribution in [3.8, 4) is 0 Å². The fourth-order valence-corrected chi connectivity index (χ4v) is 5.51. The molecule has 164 valence electrons. The number of imidazole rings is 1. The van der Waals surface area contributed by atoms with Gasteiger partial charge in [0.2, 0.25) is 0 Å². The zero-order valence-corrected chi connectivity index (χ0v) is 17.7. The van der Waals surface area contributed by atoms with E-state index in [-0.39, 0.29) is 29.8 Å². The Kier molecular flexibility index (Phi) is 5.81. The molecule has 2 fully saturated rings. The highest BCUT2D eigenvalue weighted by Crippen LogP contribution is 2.48. The summed E-state index contributed by atoms with van der Waals surface area (Å²) in [6.07, 6.45) is 5.49. The van der Waals surface area contributed by atoms with Crippen LogP contribution in [0.4, 0.5) is 0 Å². The van der Waals surface area contributed by atoms with E-state index in [2.05, 4.69) is 10.3 Å². The van der Waals surface area contributed by atoms with E-state index in [9.17, 15) is 14.4 Å². The number of hydrogen-bond acceptors (Lipinski definition) is 5. The Hall–Kier alpha value is -2.42. The van der Waals surface area contributed by atoms with Crippen LogP contribution in [-0.4, -0.2) is 42.8 Å². The highest BCUT2D eigenvalue weighted by Gasteiger charge is 2.43. The molecular weight excluding hydrogens is 386 g/mol. The van der Waals surface area contributed by atoms with E-state index in [1.807, 2.05) is 13.8 Å². The van der Waals surface area contributed by atoms with Gasteiger partial charge in [-0.3, -0.25) is 18.7 Å². The number of carboxylic acid groups (broad SMARTS) is 1. The SMILES string of the molecule is CCCn1c(=O)c2[nH]c(C3CC4CCC(C3)C4NCC(=O)O)nc2n(CCC)c1=O. The Morgan fingerprint density at radius 2 is 1.77 bits per heavy atom. The number of carboxylic acids is 1. The predicted octanol–water partition coefficient (Wildman–Crippen LogP) is 1.65. The number of aryl methyl sites for hydroxylation is 1. The molecule has 3 N–H and O–H groups in total. The van der Waals surface area contributed by atoms with Gasteiger partial charge in [-0.1, -0.05) is 13.8 Å². The van der Waals surface area contributed by atoms with Crippen molar-refractivity contribution in [1.29, 1.82) is 0 Å². The number of aromatic amines is 1. The third kappa shape index (κ3) is 3.59. The van der Waals surface area contributed by atoms with Crippen molar-refractivity contribution >= 4 is 17.1 Å². The summed E-state index contributed by atoms with van der Waals surface area (Å²) in [6, 6.07) is 0.238. The van der Waals surface area contributed by atoms with Crippen molar-refractivity contribution in [3.05, 3.63) is 26.7 Å². The van der Waals surface area contributed by atoms with Crippen molar-refractivity contribution in [3.63, 3.8) is 0 Å². The number of fused-ring (bicyclic) bond motifs is 3. The maximum atomic E-state index is 12.9. The molecule has 2 bridgehead atoms. The van der Waals surface area contributed by atoms with E-state index in [0.29, 0.717) is 42.5 Å². The zero-order valence-electron chi connectivity index (χ0n) is 17.7. The fraction of sp³-hybridized carbons (Fsp3) is 0.714. The molecule has 0 radical (unpaired) electrons. The number of nitrogens with one attached hydrogen (secondary N) is 2. The van der Waals surface area contributed by atoms with Crippen molar-refractivity contribution in [2.45, 2.75) is 77.4 Å². The zero-order chi connectivity index (χ0) is 21.4. The largest absolute Gasteiger partial charge is 0.480 e. The summed E-state index contributed by atoms with van der Waals surface area (Å²) in [5, 5.41) is 12.2. The van der Waals surface area contributed by atoms with Crippen molar-refractivity contribution in [2.24, 2.45) is 11.8 Å². The number of H-pyrrole nitrogens is 1. The van der Waals surface area contributed by atoms with Gasteiger partial charge >= 0.3 is 11.7 Å². The van der Waals surface area contributed by atoms with E-state index >= 15 is 0 Å². The summed E-state index contributed by atoms with van der Waals surface area (Å²) in [5.41, 5.74) is 0.316. The quantitative estimate of drug-likeness (QED) is 0.600. The Morgan fingerprint density at radius 3 is 2.37 bits per heavy atom. The molecule has 0 spiro atoms. The fourth-order valence-electron chi connectivity index (χ4n) is 5.51. The first kappa shape index (κ1) is 20.8. The topological polar surface area (TPSA) is 122 Å². The van der Waals surface area contributed by atoms with Crippen molar-refractivity contribution < 1.29 is 9.90 Å². The van der Waals surface area contributed by atoms with Gasteiger partial charge in [0.25, 0.3) is 5.56 Å². The van der Waals surface area contributed by atoms with Crippen molar-refractivity contribution in [2.75, 3.05) is 6.54 Å². The van der Waals surface area contributed by atoms with Crippen molar-refractivity contribution in [1.82, 2.24) is 24.4 Å². The minimum atomic E-state index is -0.828. The van der Waals surface area contributed by atoms with Crippen LogP contribution in [0.15, 0.2) is 9.59 Å². The molecule has 9 nitrogen and oxygen atoms in total. The smallest absolute Gasteiger partial charge is 0.332 e. The lowest BCUT2D eigenvalue weighted by molar-refractivity contribution is -0.136. The van der Waals surface area contributed by atoms with E-state index in [1.165, 1.54) is 4.57 Å². The first-order valence-corrected chi connectivity index (χ1v) is 11.1. The van der Waals surface area contributed by atoms with Gasteiger partial charge in [-0.25, -0.2) is 9.78 Å². The van der Waals surface area contributed by atoms with Gasteiger partial charge in [0.1, 0.15) is 11.3 Å². The Labute approximate surface area is 174 Å². The number of rotatable bonds is 8. The van der Waals surface area contributed by atoms with Gasteiger partial charge in [0, 0.05) is 25.0 Å². The van der Waals surface area contributed by atoms with Gasteiger partial charge in [-0.15, -0.1) is 0 Å². The minimum absolute atomic E-state index is 0.00671. The monoisotopic (exact) mass is 417 g/mol. The van der Waals surface area contributed by atoms with Gasteiger partial charge < -0.3 is 15.4 Å². The summed E-state index contributed by atoms with van der Waals surface area (Å²) in [6.45, 7) is 4.87. The summed E-state index contributed by atoms with van der Waals surface area (Å²) < 4.78 is 2.94. The molecule has 4 rings (SSSR count). The molecule has 2 aromatic heterocycles. The maximum absolute atomic E-state index is 12.9. The maximum Gasteiger partial charge on any atom is 0.332 e. The first-order chi connectivity index (χ1) is 14.4. The molecule has 9 heteroatoms. The second-order valence-corrected chi connectivity index (χ2v) is 8.78. The Morgan fingerprint density at radius 1 is 1.13 bits per heavy atom. The van der Waals surface area contributed by atoms with Crippen LogP contribution < -0.4 is 16.6 Å². The van der Waals surface area contributed by atoms with Crippen LogP contribution in [0.1, 0.15) is 64.1 Å². The number of aromatic nitrogens is 4. The van der Waals surface area contributed by atoms with E-state index < -0.39 is 5.97 Å². The Bertz CT molecular complexity index is 1040. The molecule has 2 aliphatic rings. The third-order valence-corrected chi connectivity index (χ3v) is 6.75. The van der Waals surface area contributed by atoms with Gasteiger partial charge in [0.15, 0.2) is 5.65 Å². The molecular formula is C21H31N5O4. The minimum Gasteiger partial charge on any atom is -0.480 e. The molecule has 0 amide bonds. The number of aliphatic carboxylic acids is 1. The molecule has 0 aromatic carbocycles. The number of hydrogen-bond donors (Lipinski definition) is 3.